The molecule has 0 radical (unpaired) electrons. The number of hydrogen-bond acceptors (Lipinski definition) is 6. The van der Waals surface area contributed by atoms with E-state index in [9.17, 15) is 4.79 Å². The van der Waals surface area contributed by atoms with E-state index in [1.54, 1.807) is 24.2 Å². The van der Waals surface area contributed by atoms with E-state index in [2.05, 4.69) is 44.1 Å². The largest absolute Gasteiger partial charge is 0.356 e. The molecule has 0 unspecified atom stereocenters. The van der Waals surface area contributed by atoms with E-state index in [0.29, 0.717) is 6.54 Å². The van der Waals surface area contributed by atoms with E-state index in [1.165, 1.54) is 32.2 Å². The molecular formula is C26H37N5OS. The van der Waals surface area contributed by atoms with Crippen molar-refractivity contribution in [1.82, 2.24) is 20.2 Å². The number of rotatable bonds is 9. The normalized spacial score (nSPS) is 21.7. The molecule has 0 bridgehead atoms. The summed E-state index contributed by atoms with van der Waals surface area (Å²) < 4.78 is 0. The summed E-state index contributed by atoms with van der Waals surface area (Å²) in [6.07, 6.45) is 11.7. The van der Waals surface area contributed by atoms with Gasteiger partial charge in [0.1, 0.15) is 5.03 Å². The summed E-state index contributed by atoms with van der Waals surface area (Å²) in [4.78, 5) is 28.2. The molecule has 7 heteroatoms. The zero-order valence-electron chi connectivity index (χ0n) is 19.8. The van der Waals surface area contributed by atoms with Crippen LogP contribution in [0.1, 0.15) is 51.9 Å². The maximum Gasteiger partial charge on any atom is 0.224 e. The predicted octanol–water partition coefficient (Wildman–Crippen LogP) is 4.62. The molecule has 6 nitrogen and oxygen atoms in total. The van der Waals surface area contributed by atoms with E-state index < -0.39 is 0 Å². The zero-order valence-corrected chi connectivity index (χ0v) is 20.6. The number of likely N-dealkylation sites (tertiary alicyclic amines) is 1. The van der Waals surface area contributed by atoms with E-state index in [-0.39, 0.29) is 11.8 Å². The van der Waals surface area contributed by atoms with Crippen LogP contribution in [-0.2, 0) is 4.79 Å². The van der Waals surface area contributed by atoms with Crippen LogP contribution >= 0.6 is 11.8 Å². The third kappa shape index (κ3) is 6.70. The summed E-state index contributed by atoms with van der Waals surface area (Å²) in [7, 11) is 0. The van der Waals surface area contributed by atoms with Crippen molar-refractivity contribution in [2.24, 2.45) is 5.92 Å². The number of benzene rings is 1. The topological polar surface area (TPSA) is 61.4 Å². The van der Waals surface area contributed by atoms with Gasteiger partial charge in [0.15, 0.2) is 5.82 Å². The third-order valence-corrected chi connectivity index (χ3v) is 7.83. The quantitative estimate of drug-likeness (QED) is 0.543. The van der Waals surface area contributed by atoms with Crippen LogP contribution in [0.4, 0.5) is 5.82 Å². The van der Waals surface area contributed by atoms with Gasteiger partial charge < -0.3 is 15.1 Å². The van der Waals surface area contributed by atoms with Gasteiger partial charge in [0.25, 0.3) is 0 Å². The molecule has 4 rings (SSSR count). The average Bonchev–Trinajstić information content (AvgIpc) is 2.88. The lowest BCUT2D eigenvalue weighted by Gasteiger charge is -2.35. The van der Waals surface area contributed by atoms with Gasteiger partial charge in [0.05, 0.1) is 5.92 Å². The number of nitrogens with zero attached hydrogens (tertiary/aromatic N) is 4. The fraction of sp³-hybridized carbons (Fsp3) is 0.577. The Hall–Kier alpha value is -2.12. The molecule has 2 saturated heterocycles. The molecule has 2 aromatic rings. The Morgan fingerprint density at radius 1 is 1.09 bits per heavy atom. The van der Waals surface area contributed by atoms with Crippen LogP contribution in [0.15, 0.2) is 52.6 Å². The summed E-state index contributed by atoms with van der Waals surface area (Å²) in [6.45, 7) is 6.98. The minimum atomic E-state index is 0.00806. The highest BCUT2D eigenvalue weighted by molar-refractivity contribution is 7.99. The highest BCUT2D eigenvalue weighted by Crippen LogP contribution is 2.33. The van der Waals surface area contributed by atoms with Crippen LogP contribution in [-0.4, -0.2) is 59.5 Å². The molecule has 2 fully saturated rings. The number of aromatic nitrogens is 2. The lowest BCUT2D eigenvalue weighted by atomic mass is 9.97. The lowest BCUT2D eigenvalue weighted by molar-refractivity contribution is -0.125. The van der Waals surface area contributed by atoms with Gasteiger partial charge in [-0.15, -0.1) is 0 Å². The maximum atomic E-state index is 12.9. The average molecular weight is 468 g/mol. The summed E-state index contributed by atoms with van der Waals surface area (Å²) in [6, 6.07) is 11.0. The Balaban J connectivity index is 1.28. The van der Waals surface area contributed by atoms with Crippen molar-refractivity contribution < 1.29 is 4.79 Å². The zero-order chi connectivity index (χ0) is 22.9. The van der Waals surface area contributed by atoms with Gasteiger partial charge in [-0.1, -0.05) is 43.3 Å². The van der Waals surface area contributed by atoms with Gasteiger partial charge in [-0.3, -0.25) is 4.79 Å². The van der Waals surface area contributed by atoms with Crippen molar-refractivity contribution in [2.75, 3.05) is 37.6 Å². The monoisotopic (exact) mass is 467 g/mol. The number of carbonyl (C=O) groups is 1. The number of carbonyl (C=O) groups excluding carboxylic acids is 1. The first-order valence-corrected chi connectivity index (χ1v) is 13.4. The Morgan fingerprint density at radius 2 is 1.94 bits per heavy atom. The van der Waals surface area contributed by atoms with Crippen molar-refractivity contribution in [3.63, 3.8) is 0 Å². The number of hydrogen-bond donors (Lipinski definition) is 1. The molecule has 0 spiro atoms. The molecule has 0 aliphatic carbocycles. The first-order chi connectivity index (χ1) is 16.2. The third-order valence-electron chi connectivity index (χ3n) is 6.84. The molecular weight excluding hydrogens is 430 g/mol. The van der Waals surface area contributed by atoms with Gasteiger partial charge in [-0.25, -0.2) is 9.97 Å². The van der Waals surface area contributed by atoms with Gasteiger partial charge in [-0.05, 0) is 57.2 Å². The highest BCUT2D eigenvalue weighted by atomic mass is 32.2. The Morgan fingerprint density at radius 3 is 2.79 bits per heavy atom. The second-order valence-corrected chi connectivity index (χ2v) is 10.2. The fourth-order valence-electron chi connectivity index (χ4n) is 5.05. The molecule has 1 amide bonds. The highest BCUT2D eigenvalue weighted by Gasteiger charge is 2.28. The fourth-order valence-corrected chi connectivity index (χ4v) is 5.95. The van der Waals surface area contributed by atoms with Crippen molar-refractivity contribution in [3.8, 4) is 0 Å². The van der Waals surface area contributed by atoms with Gasteiger partial charge >= 0.3 is 0 Å². The van der Waals surface area contributed by atoms with Crippen LogP contribution in [0.3, 0.4) is 0 Å². The summed E-state index contributed by atoms with van der Waals surface area (Å²) >= 11 is 1.63. The van der Waals surface area contributed by atoms with E-state index >= 15 is 0 Å². The van der Waals surface area contributed by atoms with Gasteiger partial charge in [-0.2, -0.15) is 0 Å². The molecule has 1 aromatic carbocycles. The number of amides is 1. The summed E-state index contributed by atoms with van der Waals surface area (Å²) in [5, 5.41) is 4.12. The van der Waals surface area contributed by atoms with Crippen molar-refractivity contribution in [2.45, 2.75) is 67.8 Å². The summed E-state index contributed by atoms with van der Waals surface area (Å²) in [5.74, 6) is 1.08. The molecule has 2 aliphatic rings. The Labute approximate surface area is 202 Å². The molecule has 3 heterocycles. The van der Waals surface area contributed by atoms with Crippen LogP contribution < -0.4 is 10.2 Å². The molecule has 178 valence electrons. The van der Waals surface area contributed by atoms with E-state index in [0.717, 1.165) is 60.7 Å². The minimum absolute atomic E-state index is 0.00806. The number of piperidine rings is 2. The SMILES string of the molecule is CC[C@@H]1CCCCN1CCCNC(=O)[C@@H]1CCCN(c2nccnc2Sc2ccccc2)C1. The maximum absolute atomic E-state index is 12.9. The van der Waals surface area contributed by atoms with Crippen molar-refractivity contribution in [3.05, 3.63) is 42.7 Å². The van der Waals surface area contributed by atoms with E-state index in [1.807, 2.05) is 18.2 Å². The Bertz CT molecular complexity index is 880. The summed E-state index contributed by atoms with van der Waals surface area (Å²) in [5.41, 5.74) is 0. The lowest BCUT2D eigenvalue weighted by Crippen LogP contribution is -2.44. The van der Waals surface area contributed by atoms with Crippen LogP contribution in [0, 0.1) is 5.92 Å². The van der Waals surface area contributed by atoms with Crippen molar-refractivity contribution in [1.29, 1.82) is 0 Å². The predicted molar refractivity (Wildman–Crippen MR) is 135 cm³/mol. The minimum Gasteiger partial charge on any atom is -0.356 e. The second-order valence-electron chi connectivity index (χ2n) is 9.12. The molecule has 0 saturated carbocycles. The van der Waals surface area contributed by atoms with Crippen LogP contribution in [0.5, 0.6) is 0 Å². The molecule has 33 heavy (non-hydrogen) atoms. The first kappa shape index (κ1) is 24.0. The first-order valence-electron chi connectivity index (χ1n) is 12.5. The molecule has 1 N–H and O–H groups in total. The standard InChI is InChI=1S/C26H37N5OS/c1-2-22-11-6-7-17-30(22)19-9-14-28-25(32)21-10-8-18-31(20-21)24-26(29-16-15-27-24)33-23-12-4-3-5-13-23/h3-5,12-13,15-16,21-22H,2,6-11,14,17-20H2,1H3,(H,28,32)/t21-,22-/m1/s1. The number of anilines is 1. The van der Waals surface area contributed by atoms with Gasteiger partial charge in [0.2, 0.25) is 5.91 Å². The second kappa shape index (κ2) is 12.4. The molecule has 2 aliphatic heterocycles. The smallest absolute Gasteiger partial charge is 0.224 e. The molecule has 2 atom stereocenters. The van der Waals surface area contributed by atoms with Gasteiger partial charge in [0, 0.05) is 49.5 Å². The van der Waals surface area contributed by atoms with Crippen LogP contribution in [0.25, 0.3) is 0 Å². The Kier molecular flexibility index (Phi) is 9.01. The van der Waals surface area contributed by atoms with Crippen LogP contribution in [0.2, 0.25) is 0 Å². The van der Waals surface area contributed by atoms with E-state index in [4.69, 9.17) is 0 Å². The number of nitrogens with one attached hydrogen (secondary N) is 1. The molecule has 1 aromatic heterocycles. The van der Waals surface area contributed by atoms with Crippen molar-refractivity contribution >= 4 is 23.5 Å².